The first-order valence-corrected chi connectivity index (χ1v) is 7.15. The van der Waals surface area contributed by atoms with Crippen LogP contribution in [-0.2, 0) is 0 Å². The fraction of sp³-hybridized carbons (Fsp3) is 0.562. The molecule has 1 heterocycles. The van der Waals surface area contributed by atoms with E-state index in [4.69, 9.17) is 9.47 Å². The van der Waals surface area contributed by atoms with Crippen molar-refractivity contribution in [2.45, 2.75) is 26.2 Å². The maximum atomic E-state index is 13.1. The van der Waals surface area contributed by atoms with E-state index in [2.05, 4.69) is 12.2 Å². The van der Waals surface area contributed by atoms with Crippen LogP contribution in [0.5, 0.6) is 11.5 Å². The number of rotatable bonds is 5. The molecule has 0 saturated carbocycles. The van der Waals surface area contributed by atoms with Gasteiger partial charge in [0, 0.05) is 5.41 Å². The van der Waals surface area contributed by atoms with Crippen LogP contribution >= 0.6 is 0 Å². The standard InChI is InChI=1S/C16H23NO3/c1-4-16(8-10-17-11-9-16)15(18)14-12(19-2)6-5-7-13(14)20-3/h5-7,17H,4,8-11H2,1-3H3. The molecule has 1 fully saturated rings. The number of benzene rings is 1. The summed E-state index contributed by atoms with van der Waals surface area (Å²) in [7, 11) is 3.18. The lowest BCUT2D eigenvalue weighted by Crippen LogP contribution is -2.42. The van der Waals surface area contributed by atoms with Gasteiger partial charge < -0.3 is 14.8 Å². The van der Waals surface area contributed by atoms with E-state index in [9.17, 15) is 4.79 Å². The van der Waals surface area contributed by atoms with E-state index in [0.29, 0.717) is 17.1 Å². The molecule has 1 aliphatic rings. The van der Waals surface area contributed by atoms with Crippen LogP contribution in [0.1, 0.15) is 36.5 Å². The van der Waals surface area contributed by atoms with Crippen LogP contribution < -0.4 is 14.8 Å². The molecule has 0 bridgehead atoms. The SMILES string of the molecule is CCC1(C(=O)c2c(OC)cccc2OC)CCNCC1. The third-order valence-corrected chi connectivity index (χ3v) is 4.37. The number of nitrogens with one attached hydrogen (secondary N) is 1. The zero-order valence-electron chi connectivity index (χ0n) is 12.5. The topological polar surface area (TPSA) is 47.6 Å². The Morgan fingerprint density at radius 3 is 2.20 bits per heavy atom. The van der Waals surface area contributed by atoms with Crippen LogP contribution in [0.2, 0.25) is 0 Å². The minimum Gasteiger partial charge on any atom is -0.496 e. The Bertz CT molecular complexity index is 456. The van der Waals surface area contributed by atoms with Gasteiger partial charge in [-0.3, -0.25) is 4.79 Å². The summed E-state index contributed by atoms with van der Waals surface area (Å²) in [6.45, 7) is 3.86. The number of carbonyl (C=O) groups excluding carboxylic acids is 1. The summed E-state index contributed by atoms with van der Waals surface area (Å²) in [5.74, 6) is 1.34. The minimum absolute atomic E-state index is 0.149. The van der Waals surface area contributed by atoms with Crippen molar-refractivity contribution in [1.82, 2.24) is 5.32 Å². The molecule has 1 aliphatic heterocycles. The molecule has 4 heteroatoms. The van der Waals surface area contributed by atoms with E-state index in [1.54, 1.807) is 14.2 Å². The molecule has 0 unspecified atom stereocenters. The highest BCUT2D eigenvalue weighted by atomic mass is 16.5. The number of ether oxygens (including phenoxy) is 2. The average Bonchev–Trinajstić information content (AvgIpc) is 2.53. The number of hydrogen-bond donors (Lipinski definition) is 1. The van der Waals surface area contributed by atoms with Crippen LogP contribution in [0, 0.1) is 5.41 Å². The Hall–Kier alpha value is -1.55. The van der Waals surface area contributed by atoms with E-state index in [0.717, 1.165) is 32.4 Å². The van der Waals surface area contributed by atoms with E-state index in [1.165, 1.54) is 0 Å². The number of hydrogen-bond acceptors (Lipinski definition) is 4. The highest BCUT2D eigenvalue weighted by Gasteiger charge is 2.40. The highest BCUT2D eigenvalue weighted by Crippen LogP contribution is 2.41. The van der Waals surface area contributed by atoms with Crippen molar-refractivity contribution in [3.8, 4) is 11.5 Å². The van der Waals surface area contributed by atoms with Gasteiger partial charge in [0.1, 0.15) is 17.1 Å². The monoisotopic (exact) mass is 277 g/mol. The smallest absolute Gasteiger partial charge is 0.176 e. The van der Waals surface area contributed by atoms with Crippen molar-refractivity contribution >= 4 is 5.78 Å². The van der Waals surface area contributed by atoms with Gasteiger partial charge in [0.05, 0.1) is 14.2 Å². The summed E-state index contributed by atoms with van der Waals surface area (Å²) in [4.78, 5) is 13.1. The third-order valence-electron chi connectivity index (χ3n) is 4.37. The van der Waals surface area contributed by atoms with E-state index < -0.39 is 0 Å². The fourth-order valence-corrected chi connectivity index (χ4v) is 2.99. The number of methoxy groups -OCH3 is 2. The molecule has 1 N–H and O–H groups in total. The summed E-state index contributed by atoms with van der Waals surface area (Å²) >= 11 is 0. The van der Waals surface area contributed by atoms with Crippen LogP contribution in [-0.4, -0.2) is 33.1 Å². The maximum absolute atomic E-state index is 13.1. The molecule has 1 aromatic rings. The molecule has 1 aromatic carbocycles. The molecule has 0 spiro atoms. The normalized spacial score (nSPS) is 17.6. The predicted molar refractivity (Wildman–Crippen MR) is 78.7 cm³/mol. The minimum atomic E-state index is -0.298. The highest BCUT2D eigenvalue weighted by molar-refractivity contribution is 6.05. The summed E-state index contributed by atoms with van der Waals surface area (Å²) in [6.07, 6.45) is 2.57. The molecule has 1 saturated heterocycles. The molecule has 110 valence electrons. The molecule has 0 atom stereocenters. The molecular formula is C16H23NO3. The summed E-state index contributed by atoms with van der Waals surface area (Å²) in [5.41, 5.74) is 0.286. The maximum Gasteiger partial charge on any atom is 0.176 e. The van der Waals surface area contributed by atoms with Gasteiger partial charge in [-0.15, -0.1) is 0 Å². The van der Waals surface area contributed by atoms with Gasteiger partial charge in [0.25, 0.3) is 0 Å². The van der Waals surface area contributed by atoms with Gasteiger partial charge >= 0.3 is 0 Å². The first kappa shape index (κ1) is 14.9. The second-order valence-corrected chi connectivity index (χ2v) is 5.25. The van der Waals surface area contributed by atoms with Crippen molar-refractivity contribution in [2.75, 3.05) is 27.3 Å². The molecule has 0 radical (unpaired) electrons. The van der Waals surface area contributed by atoms with Crippen molar-refractivity contribution in [1.29, 1.82) is 0 Å². The molecule has 0 aliphatic carbocycles. The van der Waals surface area contributed by atoms with Gasteiger partial charge in [-0.25, -0.2) is 0 Å². The van der Waals surface area contributed by atoms with Crippen molar-refractivity contribution in [3.05, 3.63) is 23.8 Å². The van der Waals surface area contributed by atoms with Crippen LogP contribution in [0.25, 0.3) is 0 Å². The van der Waals surface area contributed by atoms with E-state index in [-0.39, 0.29) is 11.2 Å². The van der Waals surface area contributed by atoms with Gasteiger partial charge in [0.2, 0.25) is 0 Å². The average molecular weight is 277 g/mol. The second kappa shape index (κ2) is 6.27. The first-order chi connectivity index (χ1) is 9.68. The lowest BCUT2D eigenvalue weighted by molar-refractivity contribution is 0.0711. The molecule has 0 amide bonds. The van der Waals surface area contributed by atoms with Gasteiger partial charge in [-0.1, -0.05) is 13.0 Å². The van der Waals surface area contributed by atoms with Crippen LogP contribution in [0.4, 0.5) is 0 Å². The van der Waals surface area contributed by atoms with Gasteiger partial charge in [0.15, 0.2) is 5.78 Å². The first-order valence-electron chi connectivity index (χ1n) is 7.15. The Balaban J connectivity index is 2.46. The quantitative estimate of drug-likeness (QED) is 0.841. The van der Waals surface area contributed by atoms with Crippen LogP contribution in [0.15, 0.2) is 18.2 Å². The molecule has 2 rings (SSSR count). The molecular weight excluding hydrogens is 254 g/mol. The third kappa shape index (κ3) is 2.52. The molecule has 20 heavy (non-hydrogen) atoms. The Morgan fingerprint density at radius 1 is 1.20 bits per heavy atom. The fourth-order valence-electron chi connectivity index (χ4n) is 2.99. The van der Waals surface area contributed by atoms with Gasteiger partial charge in [-0.2, -0.15) is 0 Å². The van der Waals surface area contributed by atoms with Crippen molar-refractivity contribution < 1.29 is 14.3 Å². The summed E-state index contributed by atoms with van der Waals surface area (Å²) in [6, 6.07) is 5.48. The molecule has 0 aromatic heterocycles. The number of ketones is 1. The Kier molecular flexibility index (Phi) is 4.65. The van der Waals surface area contributed by atoms with Gasteiger partial charge in [-0.05, 0) is 44.5 Å². The lowest BCUT2D eigenvalue weighted by Gasteiger charge is -2.36. The zero-order valence-corrected chi connectivity index (χ0v) is 12.5. The molecule has 4 nitrogen and oxygen atoms in total. The largest absolute Gasteiger partial charge is 0.496 e. The number of piperidine rings is 1. The predicted octanol–water partition coefficient (Wildman–Crippen LogP) is 2.67. The lowest BCUT2D eigenvalue weighted by atomic mass is 9.71. The Morgan fingerprint density at radius 2 is 1.75 bits per heavy atom. The van der Waals surface area contributed by atoms with E-state index in [1.807, 2.05) is 18.2 Å². The summed E-state index contributed by atoms with van der Waals surface area (Å²) in [5, 5.41) is 3.32. The van der Waals surface area contributed by atoms with Crippen molar-refractivity contribution in [3.63, 3.8) is 0 Å². The van der Waals surface area contributed by atoms with Crippen LogP contribution in [0.3, 0.4) is 0 Å². The zero-order chi connectivity index (χ0) is 14.6. The number of Topliss-reactive ketones (excluding diaryl/α,β-unsaturated/α-hetero) is 1. The van der Waals surface area contributed by atoms with Crippen molar-refractivity contribution in [2.24, 2.45) is 5.41 Å². The Labute approximate surface area is 120 Å². The van der Waals surface area contributed by atoms with E-state index >= 15 is 0 Å². The number of carbonyl (C=O) groups is 1. The second-order valence-electron chi connectivity index (χ2n) is 5.25. The summed E-state index contributed by atoms with van der Waals surface area (Å²) < 4.78 is 10.7.